The molecule has 0 heterocycles. The monoisotopic (exact) mass is 308 g/mol. The largest absolute Gasteiger partial charge is 0.497 e. The molecular formula is C16H18ClFN2O. The number of hydrogen-bond donors (Lipinski definition) is 2. The Labute approximate surface area is 128 Å². The molecule has 0 bridgehead atoms. The number of hydrazine groups is 1. The van der Waals surface area contributed by atoms with Crippen LogP contribution in [-0.4, -0.2) is 13.2 Å². The third-order valence-electron chi connectivity index (χ3n) is 3.39. The van der Waals surface area contributed by atoms with Gasteiger partial charge in [-0.25, -0.2) is 4.39 Å². The fraction of sp³-hybridized carbons (Fsp3) is 0.250. The van der Waals surface area contributed by atoms with E-state index in [-0.39, 0.29) is 11.9 Å². The zero-order valence-corrected chi connectivity index (χ0v) is 12.5. The summed E-state index contributed by atoms with van der Waals surface area (Å²) in [6.07, 6.45) is 1.10. The van der Waals surface area contributed by atoms with Gasteiger partial charge in [-0.1, -0.05) is 29.8 Å². The van der Waals surface area contributed by atoms with Crippen molar-refractivity contribution < 1.29 is 9.13 Å². The number of ether oxygens (including phenoxy) is 1. The Morgan fingerprint density at radius 2 is 1.90 bits per heavy atom. The van der Waals surface area contributed by atoms with Crippen molar-refractivity contribution in [3.8, 4) is 5.75 Å². The van der Waals surface area contributed by atoms with Crippen LogP contribution in [0.3, 0.4) is 0 Å². The van der Waals surface area contributed by atoms with E-state index < -0.39 is 0 Å². The molecule has 1 unspecified atom stereocenters. The molecule has 0 saturated heterocycles. The summed E-state index contributed by atoms with van der Waals surface area (Å²) in [4.78, 5) is 0. The molecule has 0 radical (unpaired) electrons. The van der Waals surface area contributed by atoms with Gasteiger partial charge in [0.1, 0.15) is 11.6 Å². The smallest absolute Gasteiger partial charge is 0.127 e. The van der Waals surface area contributed by atoms with Gasteiger partial charge >= 0.3 is 0 Å². The molecule has 5 heteroatoms. The summed E-state index contributed by atoms with van der Waals surface area (Å²) in [5.41, 5.74) is 4.30. The lowest BCUT2D eigenvalue weighted by atomic mass is 9.99. The van der Waals surface area contributed by atoms with Gasteiger partial charge in [0, 0.05) is 16.6 Å². The molecular weight excluding hydrogens is 291 g/mol. The Bertz CT molecular complexity index is 569. The number of nitrogens with one attached hydrogen (secondary N) is 1. The first kappa shape index (κ1) is 15.8. The van der Waals surface area contributed by atoms with Crippen LogP contribution in [-0.2, 0) is 12.8 Å². The van der Waals surface area contributed by atoms with Crippen molar-refractivity contribution in [2.45, 2.75) is 18.9 Å². The first-order chi connectivity index (χ1) is 10.1. The van der Waals surface area contributed by atoms with Crippen molar-refractivity contribution in [2.24, 2.45) is 5.84 Å². The Morgan fingerprint density at radius 1 is 1.19 bits per heavy atom. The van der Waals surface area contributed by atoms with E-state index in [1.807, 2.05) is 24.3 Å². The molecule has 2 rings (SSSR count). The van der Waals surface area contributed by atoms with Crippen molar-refractivity contribution in [3.05, 3.63) is 64.4 Å². The van der Waals surface area contributed by atoms with Gasteiger partial charge in [-0.05, 0) is 42.7 Å². The number of hydrogen-bond acceptors (Lipinski definition) is 3. The molecule has 2 aromatic carbocycles. The lowest BCUT2D eigenvalue weighted by Crippen LogP contribution is -2.38. The van der Waals surface area contributed by atoms with Crippen LogP contribution >= 0.6 is 11.6 Å². The average molecular weight is 309 g/mol. The quantitative estimate of drug-likeness (QED) is 0.637. The highest BCUT2D eigenvalue weighted by Crippen LogP contribution is 2.21. The predicted octanol–water partition coefficient (Wildman–Crippen LogP) is 3.10. The summed E-state index contributed by atoms with van der Waals surface area (Å²) < 4.78 is 18.9. The third-order valence-corrected chi connectivity index (χ3v) is 3.74. The standard InChI is InChI=1S/C16H18ClFN2O/c1-21-13-7-5-11(6-8-13)9-12(20-19)10-14-15(17)3-2-4-16(14)18/h2-8,12,20H,9-10,19H2,1H3. The first-order valence-corrected chi connectivity index (χ1v) is 7.03. The normalized spacial score (nSPS) is 12.2. The molecule has 0 spiro atoms. The van der Waals surface area contributed by atoms with Gasteiger partial charge in [-0.15, -0.1) is 0 Å². The van der Waals surface area contributed by atoms with E-state index in [9.17, 15) is 4.39 Å². The van der Waals surface area contributed by atoms with Crippen LogP contribution in [0.2, 0.25) is 5.02 Å². The molecule has 112 valence electrons. The van der Waals surface area contributed by atoms with Crippen molar-refractivity contribution in [1.82, 2.24) is 5.43 Å². The molecule has 0 saturated carbocycles. The molecule has 0 aliphatic heterocycles. The van der Waals surface area contributed by atoms with Gasteiger partial charge in [0.15, 0.2) is 0 Å². The number of benzene rings is 2. The van der Waals surface area contributed by atoms with Gasteiger partial charge in [-0.3, -0.25) is 11.3 Å². The van der Waals surface area contributed by atoms with E-state index in [0.29, 0.717) is 23.4 Å². The minimum absolute atomic E-state index is 0.104. The minimum Gasteiger partial charge on any atom is -0.497 e. The maximum Gasteiger partial charge on any atom is 0.127 e. The van der Waals surface area contributed by atoms with E-state index >= 15 is 0 Å². The Hall–Kier alpha value is -1.62. The molecule has 0 aromatic heterocycles. The summed E-state index contributed by atoms with van der Waals surface area (Å²) in [6.45, 7) is 0. The van der Waals surface area contributed by atoms with Gasteiger partial charge in [-0.2, -0.15) is 0 Å². The molecule has 0 fully saturated rings. The third kappa shape index (κ3) is 4.17. The van der Waals surface area contributed by atoms with Crippen molar-refractivity contribution in [1.29, 1.82) is 0 Å². The second-order valence-corrected chi connectivity index (χ2v) is 5.23. The lowest BCUT2D eigenvalue weighted by Gasteiger charge is -2.17. The molecule has 1 atom stereocenters. The molecule has 0 aliphatic carbocycles. The fourth-order valence-electron chi connectivity index (χ4n) is 2.21. The number of methoxy groups -OCH3 is 1. The molecule has 3 N–H and O–H groups in total. The van der Waals surface area contributed by atoms with Crippen molar-refractivity contribution in [3.63, 3.8) is 0 Å². The van der Waals surface area contributed by atoms with E-state index in [1.165, 1.54) is 6.07 Å². The summed E-state index contributed by atoms with van der Waals surface area (Å²) >= 11 is 6.05. The molecule has 2 aromatic rings. The van der Waals surface area contributed by atoms with Crippen molar-refractivity contribution >= 4 is 11.6 Å². The van der Waals surface area contributed by atoms with E-state index in [0.717, 1.165) is 11.3 Å². The van der Waals surface area contributed by atoms with Crippen LogP contribution in [0.5, 0.6) is 5.75 Å². The maximum absolute atomic E-state index is 13.8. The zero-order valence-electron chi connectivity index (χ0n) is 11.8. The molecule has 3 nitrogen and oxygen atoms in total. The van der Waals surface area contributed by atoms with Crippen LogP contribution < -0.4 is 16.0 Å². The Balaban J connectivity index is 2.09. The van der Waals surface area contributed by atoms with Crippen LogP contribution in [0.4, 0.5) is 4.39 Å². The lowest BCUT2D eigenvalue weighted by molar-refractivity contribution is 0.414. The summed E-state index contributed by atoms with van der Waals surface area (Å²) in [5.74, 6) is 6.08. The van der Waals surface area contributed by atoms with Gasteiger partial charge in [0.25, 0.3) is 0 Å². The summed E-state index contributed by atoms with van der Waals surface area (Å²) in [5, 5.41) is 0.421. The SMILES string of the molecule is COc1ccc(CC(Cc2c(F)cccc2Cl)NN)cc1. The number of nitrogens with two attached hydrogens (primary N) is 1. The zero-order chi connectivity index (χ0) is 15.2. The second kappa shape index (κ2) is 7.41. The van der Waals surface area contributed by atoms with Gasteiger partial charge < -0.3 is 4.74 Å². The number of halogens is 2. The Morgan fingerprint density at radius 3 is 2.48 bits per heavy atom. The van der Waals surface area contributed by atoms with Crippen LogP contribution in [0.25, 0.3) is 0 Å². The first-order valence-electron chi connectivity index (χ1n) is 6.66. The van der Waals surface area contributed by atoms with Gasteiger partial charge in [0.05, 0.1) is 7.11 Å². The highest BCUT2D eigenvalue weighted by Gasteiger charge is 2.14. The minimum atomic E-state index is -0.308. The highest BCUT2D eigenvalue weighted by atomic mass is 35.5. The van der Waals surface area contributed by atoms with E-state index in [4.69, 9.17) is 22.2 Å². The van der Waals surface area contributed by atoms with Crippen molar-refractivity contribution in [2.75, 3.05) is 7.11 Å². The van der Waals surface area contributed by atoms with Gasteiger partial charge in [0.2, 0.25) is 0 Å². The molecule has 0 aliphatic rings. The predicted molar refractivity (Wildman–Crippen MR) is 82.9 cm³/mol. The highest BCUT2D eigenvalue weighted by molar-refractivity contribution is 6.31. The molecule has 21 heavy (non-hydrogen) atoms. The van der Waals surface area contributed by atoms with Crippen LogP contribution in [0.1, 0.15) is 11.1 Å². The molecule has 0 amide bonds. The van der Waals surface area contributed by atoms with Crippen LogP contribution in [0.15, 0.2) is 42.5 Å². The second-order valence-electron chi connectivity index (χ2n) is 4.82. The average Bonchev–Trinajstić information content (AvgIpc) is 2.50. The maximum atomic E-state index is 13.8. The fourth-order valence-corrected chi connectivity index (χ4v) is 2.45. The Kier molecular flexibility index (Phi) is 5.56. The van der Waals surface area contributed by atoms with E-state index in [2.05, 4.69) is 5.43 Å². The number of rotatable bonds is 6. The summed E-state index contributed by atoms with van der Waals surface area (Å²) in [7, 11) is 1.62. The summed E-state index contributed by atoms with van der Waals surface area (Å²) in [6, 6.07) is 12.3. The topological polar surface area (TPSA) is 47.3 Å². The van der Waals surface area contributed by atoms with Crippen LogP contribution in [0, 0.1) is 5.82 Å². The van der Waals surface area contributed by atoms with E-state index in [1.54, 1.807) is 19.2 Å².